The molecule has 2 aromatic rings. The van der Waals surface area contributed by atoms with Gasteiger partial charge in [0.2, 0.25) is 0 Å². The summed E-state index contributed by atoms with van der Waals surface area (Å²) in [6.45, 7) is 4.37. The molecular weight excluding hydrogens is 314 g/mol. The van der Waals surface area contributed by atoms with Crippen molar-refractivity contribution in [1.82, 2.24) is 15.4 Å². The third kappa shape index (κ3) is 3.36. The van der Waals surface area contributed by atoms with E-state index in [1.165, 1.54) is 16.8 Å². The van der Waals surface area contributed by atoms with Crippen LogP contribution < -0.4 is 5.32 Å². The fourth-order valence-electron chi connectivity index (χ4n) is 3.29. The SMILES string of the molecule is Cc1cc(C(=O)NCc2ccc3c(c2)CCN(C2=CC=C2)CC3)no1. The minimum atomic E-state index is -0.207. The maximum Gasteiger partial charge on any atom is 0.273 e. The van der Waals surface area contributed by atoms with E-state index in [0.717, 1.165) is 31.5 Å². The van der Waals surface area contributed by atoms with E-state index in [-0.39, 0.29) is 5.91 Å². The summed E-state index contributed by atoms with van der Waals surface area (Å²) in [7, 11) is 0. The van der Waals surface area contributed by atoms with Gasteiger partial charge in [0, 0.05) is 31.4 Å². The van der Waals surface area contributed by atoms with Crippen LogP contribution in [0.25, 0.3) is 0 Å². The molecule has 0 unspecified atom stereocenters. The molecule has 0 saturated heterocycles. The number of aromatic nitrogens is 1. The number of nitrogens with zero attached hydrogens (tertiary/aromatic N) is 2. The summed E-state index contributed by atoms with van der Waals surface area (Å²) in [5.41, 5.74) is 5.57. The van der Waals surface area contributed by atoms with Crippen molar-refractivity contribution >= 4 is 5.91 Å². The van der Waals surface area contributed by atoms with E-state index >= 15 is 0 Å². The molecule has 0 radical (unpaired) electrons. The smallest absolute Gasteiger partial charge is 0.273 e. The number of fused-ring (bicyclic) bond motifs is 1. The minimum Gasteiger partial charge on any atom is -0.371 e. The minimum absolute atomic E-state index is 0.207. The molecule has 0 atom stereocenters. The quantitative estimate of drug-likeness (QED) is 0.933. The number of nitrogens with one attached hydrogen (secondary N) is 1. The molecule has 1 aliphatic heterocycles. The number of aryl methyl sites for hydroxylation is 1. The van der Waals surface area contributed by atoms with Gasteiger partial charge >= 0.3 is 0 Å². The average Bonchev–Trinajstić information content (AvgIpc) is 2.90. The Hall–Kier alpha value is -2.82. The molecule has 0 saturated carbocycles. The summed E-state index contributed by atoms with van der Waals surface area (Å²) < 4.78 is 4.94. The van der Waals surface area contributed by atoms with Gasteiger partial charge in [-0.25, -0.2) is 0 Å². The molecule has 5 heteroatoms. The molecule has 1 N–H and O–H groups in total. The lowest BCUT2D eigenvalue weighted by Gasteiger charge is -2.26. The zero-order valence-corrected chi connectivity index (χ0v) is 14.3. The number of benzene rings is 1. The molecule has 5 nitrogen and oxygen atoms in total. The Kier molecular flexibility index (Phi) is 4.14. The van der Waals surface area contributed by atoms with Crippen LogP contribution in [0.4, 0.5) is 0 Å². The number of amides is 1. The number of hydrogen-bond donors (Lipinski definition) is 1. The lowest BCUT2D eigenvalue weighted by Crippen LogP contribution is -2.26. The first-order valence-electron chi connectivity index (χ1n) is 8.64. The summed E-state index contributed by atoms with van der Waals surface area (Å²) >= 11 is 0. The number of carbonyl (C=O) groups excluding carboxylic acids is 1. The normalized spacial score (nSPS) is 15.9. The third-order valence-corrected chi connectivity index (χ3v) is 4.79. The Morgan fingerprint density at radius 3 is 2.72 bits per heavy atom. The second-order valence-electron chi connectivity index (χ2n) is 6.55. The van der Waals surface area contributed by atoms with Gasteiger partial charge in [-0.3, -0.25) is 4.79 Å². The fraction of sp³-hybridized carbons (Fsp3) is 0.300. The molecule has 0 spiro atoms. The molecule has 1 aromatic carbocycles. The van der Waals surface area contributed by atoms with Gasteiger partial charge in [0.05, 0.1) is 0 Å². The monoisotopic (exact) mass is 335 g/mol. The van der Waals surface area contributed by atoms with Gasteiger partial charge in [-0.05, 0) is 48.6 Å². The van der Waals surface area contributed by atoms with Crippen LogP contribution >= 0.6 is 0 Å². The second kappa shape index (κ2) is 6.59. The van der Waals surface area contributed by atoms with Crippen LogP contribution in [-0.2, 0) is 19.4 Å². The van der Waals surface area contributed by atoms with Gasteiger partial charge in [-0.2, -0.15) is 0 Å². The van der Waals surface area contributed by atoms with Crippen LogP contribution in [0, 0.1) is 6.92 Å². The summed E-state index contributed by atoms with van der Waals surface area (Å²) in [6.07, 6.45) is 8.52. The topological polar surface area (TPSA) is 58.4 Å². The molecule has 1 aromatic heterocycles. The highest BCUT2D eigenvalue weighted by atomic mass is 16.5. The molecule has 25 heavy (non-hydrogen) atoms. The third-order valence-electron chi connectivity index (χ3n) is 4.79. The molecule has 2 heterocycles. The fourth-order valence-corrected chi connectivity index (χ4v) is 3.29. The van der Waals surface area contributed by atoms with Gasteiger partial charge in [-0.15, -0.1) is 0 Å². The number of hydrogen-bond acceptors (Lipinski definition) is 4. The van der Waals surface area contributed by atoms with E-state index in [4.69, 9.17) is 4.52 Å². The summed E-state index contributed by atoms with van der Waals surface area (Å²) in [6, 6.07) is 8.17. The number of rotatable bonds is 4. The molecule has 1 amide bonds. The standard InChI is InChI=1S/C20H21N3O2/c1-14-11-19(22-25-14)20(24)21-13-15-5-6-16-7-9-23(18-3-2-4-18)10-8-17(16)12-15/h2-6,11-12H,7-10,13H2,1H3,(H,21,24). The molecular formula is C20H21N3O2. The van der Waals surface area contributed by atoms with E-state index in [1.54, 1.807) is 13.0 Å². The van der Waals surface area contributed by atoms with Crippen LogP contribution in [0.2, 0.25) is 0 Å². The Morgan fingerprint density at radius 1 is 1.24 bits per heavy atom. The molecule has 0 fully saturated rings. The van der Waals surface area contributed by atoms with Gasteiger partial charge in [-0.1, -0.05) is 29.4 Å². The van der Waals surface area contributed by atoms with E-state index in [2.05, 4.69) is 51.8 Å². The molecule has 1 aliphatic carbocycles. The Bertz CT molecular complexity index is 864. The maximum atomic E-state index is 12.1. The molecule has 128 valence electrons. The van der Waals surface area contributed by atoms with Crippen LogP contribution in [-0.4, -0.2) is 29.1 Å². The van der Waals surface area contributed by atoms with Crippen molar-refractivity contribution in [2.45, 2.75) is 26.3 Å². The van der Waals surface area contributed by atoms with Gasteiger partial charge in [0.25, 0.3) is 5.91 Å². The van der Waals surface area contributed by atoms with Crippen molar-refractivity contribution in [2.24, 2.45) is 0 Å². The zero-order chi connectivity index (χ0) is 17.2. The van der Waals surface area contributed by atoms with E-state index in [9.17, 15) is 4.79 Å². The van der Waals surface area contributed by atoms with Crippen LogP contribution in [0.15, 0.2) is 52.7 Å². The highest BCUT2D eigenvalue weighted by molar-refractivity contribution is 5.92. The highest BCUT2D eigenvalue weighted by Crippen LogP contribution is 2.22. The molecule has 0 bridgehead atoms. The van der Waals surface area contributed by atoms with Gasteiger partial charge in [0.1, 0.15) is 5.76 Å². The largest absolute Gasteiger partial charge is 0.371 e. The highest BCUT2D eigenvalue weighted by Gasteiger charge is 2.17. The predicted molar refractivity (Wildman–Crippen MR) is 95.1 cm³/mol. The Morgan fingerprint density at radius 2 is 2.04 bits per heavy atom. The summed E-state index contributed by atoms with van der Waals surface area (Å²) in [5, 5.41) is 6.65. The molecule has 4 rings (SSSR count). The van der Waals surface area contributed by atoms with Crippen LogP contribution in [0.3, 0.4) is 0 Å². The van der Waals surface area contributed by atoms with Crippen molar-refractivity contribution in [1.29, 1.82) is 0 Å². The van der Waals surface area contributed by atoms with Crippen molar-refractivity contribution < 1.29 is 9.32 Å². The van der Waals surface area contributed by atoms with Crippen molar-refractivity contribution in [3.63, 3.8) is 0 Å². The van der Waals surface area contributed by atoms with Crippen LogP contribution in [0.5, 0.6) is 0 Å². The number of allylic oxidation sites excluding steroid dienone is 3. The maximum absolute atomic E-state index is 12.1. The zero-order valence-electron chi connectivity index (χ0n) is 14.3. The van der Waals surface area contributed by atoms with E-state index < -0.39 is 0 Å². The average molecular weight is 335 g/mol. The summed E-state index contributed by atoms with van der Waals surface area (Å²) in [5.74, 6) is 0.429. The van der Waals surface area contributed by atoms with E-state index in [1.807, 2.05) is 0 Å². The number of carbonyl (C=O) groups is 1. The predicted octanol–water partition coefficient (Wildman–Crippen LogP) is 2.77. The van der Waals surface area contributed by atoms with Gasteiger partial charge < -0.3 is 14.7 Å². The van der Waals surface area contributed by atoms with Crippen molar-refractivity contribution in [3.05, 3.63) is 76.3 Å². The first kappa shape index (κ1) is 15.7. The summed E-state index contributed by atoms with van der Waals surface area (Å²) in [4.78, 5) is 14.5. The Labute approximate surface area is 147 Å². The first-order valence-corrected chi connectivity index (χ1v) is 8.64. The van der Waals surface area contributed by atoms with E-state index in [0.29, 0.717) is 18.0 Å². The Balaban J connectivity index is 1.40. The first-order chi connectivity index (χ1) is 12.2. The lowest BCUT2D eigenvalue weighted by atomic mass is 10.00. The second-order valence-corrected chi connectivity index (χ2v) is 6.55. The lowest BCUT2D eigenvalue weighted by molar-refractivity contribution is 0.0942. The van der Waals surface area contributed by atoms with Gasteiger partial charge in [0.15, 0.2) is 5.69 Å². The molecule has 2 aliphatic rings. The van der Waals surface area contributed by atoms with Crippen LogP contribution in [0.1, 0.15) is 32.9 Å². The van der Waals surface area contributed by atoms with Crippen molar-refractivity contribution in [3.8, 4) is 0 Å². The van der Waals surface area contributed by atoms with Crippen molar-refractivity contribution in [2.75, 3.05) is 13.1 Å².